The fourth-order valence-electron chi connectivity index (χ4n) is 3.81. The molecule has 0 aliphatic heterocycles. The van der Waals surface area contributed by atoms with Crippen molar-refractivity contribution in [2.24, 2.45) is 0 Å². The van der Waals surface area contributed by atoms with E-state index in [2.05, 4.69) is 12.2 Å². The topological polar surface area (TPSA) is 58.6 Å². The Morgan fingerprint density at radius 2 is 1.44 bits per heavy atom. The molecule has 0 saturated carbocycles. The third kappa shape index (κ3) is 10.8. The van der Waals surface area contributed by atoms with Gasteiger partial charge in [0.1, 0.15) is 5.75 Å². The smallest absolute Gasteiger partial charge is 0.255 e. The summed E-state index contributed by atoms with van der Waals surface area (Å²) in [6.45, 7) is 2.90. The van der Waals surface area contributed by atoms with Crippen LogP contribution in [0.4, 0.5) is 5.69 Å². The van der Waals surface area contributed by atoms with E-state index in [-0.39, 0.29) is 12.5 Å². The van der Waals surface area contributed by atoms with Gasteiger partial charge in [-0.15, -0.1) is 0 Å². The standard InChI is InChI=1S/C28H41NO3/c1-2-3-4-5-6-7-8-9-10-11-12-13-20-32-27-19-15-17-25(22-27)28(31)29-26-18-14-16-24(21-26)23-30/h14-19,21-22,30H,2-13,20,23H2,1H3,(H,29,31). The Morgan fingerprint density at radius 3 is 2.09 bits per heavy atom. The third-order valence-corrected chi connectivity index (χ3v) is 5.73. The maximum absolute atomic E-state index is 12.5. The summed E-state index contributed by atoms with van der Waals surface area (Å²) in [6.07, 6.45) is 15.9. The lowest BCUT2D eigenvalue weighted by Crippen LogP contribution is -2.12. The van der Waals surface area contributed by atoms with Crippen LogP contribution in [0.5, 0.6) is 5.75 Å². The first-order chi connectivity index (χ1) is 15.7. The zero-order chi connectivity index (χ0) is 22.9. The first-order valence-electron chi connectivity index (χ1n) is 12.5. The molecule has 2 aromatic carbocycles. The van der Waals surface area contributed by atoms with Crippen molar-refractivity contribution in [2.75, 3.05) is 11.9 Å². The molecule has 4 nitrogen and oxygen atoms in total. The Hall–Kier alpha value is -2.33. The second kappa shape index (κ2) is 16.3. The van der Waals surface area contributed by atoms with Crippen molar-refractivity contribution in [3.05, 3.63) is 59.7 Å². The second-order valence-corrected chi connectivity index (χ2v) is 8.58. The van der Waals surface area contributed by atoms with Gasteiger partial charge < -0.3 is 15.2 Å². The number of rotatable bonds is 17. The fourth-order valence-corrected chi connectivity index (χ4v) is 3.81. The SMILES string of the molecule is CCCCCCCCCCCCCCOc1cccc(C(=O)Nc2cccc(CO)c2)c1. The molecule has 0 aromatic heterocycles. The van der Waals surface area contributed by atoms with Crippen LogP contribution in [0.1, 0.15) is 99.9 Å². The van der Waals surface area contributed by atoms with Gasteiger partial charge in [-0.1, -0.05) is 95.8 Å². The van der Waals surface area contributed by atoms with E-state index in [1.54, 1.807) is 18.2 Å². The van der Waals surface area contributed by atoms with E-state index < -0.39 is 0 Å². The minimum Gasteiger partial charge on any atom is -0.494 e. The summed E-state index contributed by atoms with van der Waals surface area (Å²) in [4.78, 5) is 12.5. The Kier molecular flexibility index (Phi) is 13.2. The van der Waals surface area contributed by atoms with Gasteiger partial charge in [0.05, 0.1) is 13.2 Å². The number of aliphatic hydroxyl groups excluding tert-OH is 1. The maximum atomic E-state index is 12.5. The van der Waals surface area contributed by atoms with E-state index in [1.807, 2.05) is 30.3 Å². The number of aliphatic hydroxyl groups is 1. The van der Waals surface area contributed by atoms with Gasteiger partial charge in [0.25, 0.3) is 5.91 Å². The van der Waals surface area contributed by atoms with Gasteiger partial charge in [-0.25, -0.2) is 0 Å². The summed E-state index contributed by atoms with van der Waals surface area (Å²) in [6, 6.07) is 14.5. The summed E-state index contributed by atoms with van der Waals surface area (Å²) >= 11 is 0. The number of hydrogen-bond donors (Lipinski definition) is 2. The summed E-state index contributed by atoms with van der Waals surface area (Å²) in [5.74, 6) is 0.542. The van der Waals surface area contributed by atoms with Crippen LogP contribution in [-0.4, -0.2) is 17.6 Å². The summed E-state index contributed by atoms with van der Waals surface area (Å²) in [5.41, 5.74) is 2.00. The lowest BCUT2D eigenvalue weighted by Gasteiger charge is -2.09. The number of unbranched alkanes of at least 4 members (excludes halogenated alkanes) is 11. The number of amides is 1. The monoisotopic (exact) mass is 439 g/mol. The molecule has 0 aliphatic carbocycles. The molecule has 0 atom stereocenters. The minimum atomic E-state index is -0.184. The van der Waals surface area contributed by atoms with Crippen molar-refractivity contribution in [3.8, 4) is 5.75 Å². The van der Waals surface area contributed by atoms with Crippen molar-refractivity contribution in [1.29, 1.82) is 0 Å². The largest absolute Gasteiger partial charge is 0.494 e. The highest BCUT2D eigenvalue weighted by Gasteiger charge is 2.08. The van der Waals surface area contributed by atoms with Gasteiger partial charge in [-0.2, -0.15) is 0 Å². The molecule has 0 aliphatic rings. The average molecular weight is 440 g/mol. The zero-order valence-corrected chi connectivity index (χ0v) is 19.8. The molecule has 0 radical (unpaired) electrons. The Labute approximate surface area is 194 Å². The maximum Gasteiger partial charge on any atom is 0.255 e. The van der Waals surface area contributed by atoms with Crippen LogP contribution < -0.4 is 10.1 Å². The molecule has 2 N–H and O–H groups in total. The van der Waals surface area contributed by atoms with Crippen molar-refractivity contribution >= 4 is 11.6 Å². The molecule has 2 rings (SSSR count). The quantitative estimate of drug-likeness (QED) is 0.251. The molecule has 0 bridgehead atoms. The number of carbonyl (C=O) groups excluding carboxylic acids is 1. The van der Waals surface area contributed by atoms with Crippen LogP contribution in [0.25, 0.3) is 0 Å². The Morgan fingerprint density at radius 1 is 0.812 bits per heavy atom. The van der Waals surface area contributed by atoms with E-state index in [0.717, 1.165) is 17.7 Å². The van der Waals surface area contributed by atoms with Gasteiger partial charge in [0, 0.05) is 11.3 Å². The lowest BCUT2D eigenvalue weighted by molar-refractivity contribution is 0.102. The van der Waals surface area contributed by atoms with Crippen molar-refractivity contribution in [3.63, 3.8) is 0 Å². The summed E-state index contributed by atoms with van der Waals surface area (Å²) in [5, 5.41) is 12.1. The first-order valence-corrected chi connectivity index (χ1v) is 12.5. The number of anilines is 1. The second-order valence-electron chi connectivity index (χ2n) is 8.58. The van der Waals surface area contributed by atoms with Gasteiger partial charge in [-0.05, 0) is 42.3 Å². The highest BCUT2D eigenvalue weighted by molar-refractivity contribution is 6.04. The van der Waals surface area contributed by atoms with Crippen molar-refractivity contribution in [1.82, 2.24) is 0 Å². The lowest BCUT2D eigenvalue weighted by atomic mass is 10.1. The number of carbonyl (C=O) groups is 1. The summed E-state index contributed by atoms with van der Waals surface area (Å²) in [7, 11) is 0. The van der Waals surface area contributed by atoms with E-state index in [0.29, 0.717) is 17.9 Å². The van der Waals surface area contributed by atoms with Crippen LogP contribution in [0.3, 0.4) is 0 Å². The van der Waals surface area contributed by atoms with Crippen LogP contribution in [0.15, 0.2) is 48.5 Å². The van der Waals surface area contributed by atoms with Gasteiger partial charge in [0.15, 0.2) is 0 Å². The van der Waals surface area contributed by atoms with E-state index >= 15 is 0 Å². The number of nitrogens with one attached hydrogen (secondary N) is 1. The van der Waals surface area contributed by atoms with Crippen molar-refractivity contribution < 1.29 is 14.6 Å². The normalized spacial score (nSPS) is 10.8. The summed E-state index contributed by atoms with van der Waals surface area (Å²) < 4.78 is 5.86. The number of benzene rings is 2. The molecule has 4 heteroatoms. The molecular weight excluding hydrogens is 398 g/mol. The molecule has 0 unspecified atom stereocenters. The van der Waals surface area contributed by atoms with Gasteiger partial charge in [-0.3, -0.25) is 4.79 Å². The Balaban J connectivity index is 1.57. The van der Waals surface area contributed by atoms with Crippen LogP contribution in [0, 0.1) is 0 Å². The minimum absolute atomic E-state index is 0.0494. The Bertz CT molecular complexity index is 775. The number of hydrogen-bond acceptors (Lipinski definition) is 3. The molecular formula is C28H41NO3. The predicted octanol–water partition coefficient (Wildman–Crippen LogP) is 7.51. The van der Waals surface area contributed by atoms with Gasteiger partial charge >= 0.3 is 0 Å². The third-order valence-electron chi connectivity index (χ3n) is 5.73. The highest BCUT2D eigenvalue weighted by Crippen LogP contribution is 2.17. The molecule has 0 spiro atoms. The van der Waals surface area contributed by atoms with E-state index in [9.17, 15) is 9.90 Å². The van der Waals surface area contributed by atoms with Crippen LogP contribution in [-0.2, 0) is 6.61 Å². The van der Waals surface area contributed by atoms with Gasteiger partial charge in [0.2, 0.25) is 0 Å². The first kappa shape index (κ1) is 25.9. The molecule has 0 heterocycles. The molecule has 2 aromatic rings. The predicted molar refractivity (Wildman–Crippen MR) is 133 cm³/mol. The highest BCUT2D eigenvalue weighted by atomic mass is 16.5. The number of ether oxygens (including phenoxy) is 1. The fraction of sp³-hybridized carbons (Fsp3) is 0.536. The van der Waals surface area contributed by atoms with E-state index in [1.165, 1.54) is 70.6 Å². The van der Waals surface area contributed by atoms with Crippen LogP contribution >= 0.6 is 0 Å². The molecule has 0 fully saturated rings. The molecule has 176 valence electrons. The molecule has 0 saturated heterocycles. The molecule has 32 heavy (non-hydrogen) atoms. The zero-order valence-electron chi connectivity index (χ0n) is 19.8. The van der Waals surface area contributed by atoms with Crippen LogP contribution in [0.2, 0.25) is 0 Å². The average Bonchev–Trinajstić information content (AvgIpc) is 2.82. The van der Waals surface area contributed by atoms with Crippen molar-refractivity contribution in [2.45, 2.75) is 90.6 Å². The molecule has 1 amide bonds. The van der Waals surface area contributed by atoms with E-state index in [4.69, 9.17) is 4.74 Å².